The molecule has 3 heteroatoms. The van der Waals surface area contributed by atoms with Crippen molar-refractivity contribution in [3.63, 3.8) is 0 Å². The van der Waals surface area contributed by atoms with E-state index in [1.165, 1.54) is 24.0 Å². The van der Waals surface area contributed by atoms with Gasteiger partial charge in [-0.3, -0.25) is 4.90 Å². The number of rotatable bonds is 9. The van der Waals surface area contributed by atoms with E-state index < -0.39 is 0 Å². The first kappa shape index (κ1) is 16.5. The van der Waals surface area contributed by atoms with E-state index >= 15 is 0 Å². The molecule has 0 heterocycles. The second kappa shape index (κ2) is 7.92. The van der Waals surface area contributed by atoms with Gasteiger partial charge in [-0.25, -0.2) is 0 Å². The lowest BCUT2D eigenvalue weighted by Gasteiger charge is -2.33. The van der Waals surface area contributed by atoms with Crippen LogP contribution < -0.4 is 5.73 Å². The minimum atomic E-state index is 0.152. The van der Waals surface area contributed by atoms with Gasteiger partial charge < -0.3 is 10.5 Å². The maximum Gasteiger partial charge on any atom is 0.0593 e. The third kappa shape index (κ3) is 4.80. The van der Waals surface area contributed by atoms with Gasteiger partial charge in [0, 0.05) is 25.2 Å². The Morgan fingerprint density at radius 1 is 1.33 bits per heavy atom. The number of nitrogens with zero attached hydrogens (tertiary/aromatic N) is 1. The first-order chi connectivity index (χ1) is 10.1. The van der Waals surface area contributed by atoms with Crippen molar-refractivity contribution in [2.45, 2.75) is 45.2 Å². The Bertz CT molecular complexity index is 431. The molecule has 2 rings (SSSR count). The van der Waals surface area contributed by atoms with Gasteiger partial charge in [0.15, 0.2) is 0 Å². The summed E-state index contributed by atoms with van der Waals surface area (Å²) in [5.74, 6) is 0.834. The second-order valence-electron chi connectivity index (χ2n) is 6.37. The zero-order chi connectivity index (χ0) is 15.2. The lowest BCUT2D eigenvalue weighted by molar-refractivity contribution is 0.0860. The summed E-state index contributed by atoms with van der Waals surface area (Å²) in [6.07, 6.45) is 3.68. The lowest BCUT2D eigenvalue weighted by Crippen LogP contribution is -2.40. The predicted molar refractivity (Wildman–Crippen MR) is 88.4 cm³/mol. The highest BCUT2D eigenvalue weighted by Gasteiger charge is 2.25. The van der Waals surface area contributed by atoms with Gasteiger partial charge in [0.1, 0.15) is 0 Å². The zero-order valence-electron chi connectivity index (χ0n) is 13.7. The summed E-state index contributed by atoms with van der Waals surface area (Å²) < 4.78 is 5.78. The van der Waals surface area contributed by atoms with E-state index in [0.29, 0.717) is 0 Å². The highest BCUT2D eigenvalue weighted by atomic mass is 16.5. The fourth-order valence-electron chi connectivity index (χ4n) is 2.82. The van der Waals surface area contributed by atoms with Crippen LogP contribution in [0.4, 0.5) is 0 Å². The molecule has 0 amide bonds. The Balaban J connectivity index is 1.95. The Morgan fingerprint density at radius 3 is 2.67 bits per heavy atom. The van der Waals surface area contributed by atoms with Crippen molar-refractivity contribution in [2.24, 2.45) is 11.7 Å². The summed E-state index contributed by atoms with van der Waals surface area (Å²) >= 11 is 0. The molecule has 2 atom stereocenters. The standard InChI is InChI=1S/C18H30N2O/c1-4-17(19)18(16-8-6-5-7-14(16)2)20(3)11-12-21-13-15-9-10-15/h5-8,15,17-18H,4,9-13,19H2,1-3H3. The molecule has 21 heavy (non-hydrogen) atoms. The molecule has 0 aromatic heterocycles. The van der Waals surface area contributed by atoms with Crippen LogP contribution in [-0.4, -0.2) is 37.7 Å². The summed E-state index contributed by atoms with van der Waals surface area (Å²) in [4.78, 5) is 2.35. The van der Waals surface area contributed by atoms with Crippen molar-refractivity contribution in [3.8, 4) is 0 Å². The van der Waals surface area contributed by atoms with Crippen LogP contribution in [0.25, 0.3) is 0 Å². The Hall–Kier alpha value is -0.900. The number of hydrogen-bond donors (Lipinski definition) is 1. The highest BCUT2D eigenvalue weighted by Crippen LogP contribution is 2.29. The molecule has 0 radical (unpaired) electrons. The molecule has 0 spiro atoms. The van der Waals surface area contributed by atoms with Crippen molar-refractivity contribution in [1.82, 2.24) is 4.90 Å². The average molecular weight is 290 g/mol. The number of ether oxygens (including phenoxy) is 1. The summed E-state index contributed by atoms with van der Waals surface area (Å²) in [5.41, 5.74) is 9.06. The molecule has 1 fully saturated rings. The SMILES string of the molecule is CCC(N)C(c1ccccc1C)N(C)CCOCC1CC1. The molecule has 1 aromatic carbocycles. The summed E-state index contributed by atoms with van der Waals surface area (Å²) in [6.45, 7) is 6.99. The minimum absolute atomic E-state index is 0.152. The van der Waals surface area contributed by atoms with E-state index in [4.69, 9.17) is 10.5 Å². The van der Waals surface area contributed by atoms with E-state index in [0.717, 1.165) is 32.1 Å². The van der Waals surface area contributed by atoms with Crippen molar-refractivity contribution in [1.29, 1.82) is 0 Å². The zero-order valence-corrected chi connectivity index (χ0v) is 13.7. The summed E-state index contributed by atoms with van der Waals surface area (Å²) in [6, 6.07) is 8.99. The Kier molecular flexibility index (Phi) is 6.22. The number of nitrogens with two attached hydrogens (primary N) is 1. The van der Waals surface area contributed by atoms with Crippen LogP contribution in [0.3, 0.4) is 0 Å². The maximum atomic E-state index is 6.40. The number of hydrogen-bond acceptors (Lipinski definition) is 3. The number of likely N-dealkylation sites (N-methyl/N-ethyl adjacent to an activating group) is 1. The van der Waals surface area contributed by atoms with Gasteiger partial charge in [-0.05, 0) is 50.3 Å². The van der Waals surface area contributed by atoms with Crippen LogP contribution in [0.1, 0.15) is 43.4 Å². The van der Waals surface area contributed by atoms with Crippen molar-refractivity contribution < 1.29 is 4.74 Å². The number of aryl methyl sites for hydroxylation is 1. The van der Waals surface area contributed by atoms with E-state index in [1.807, 2.05) is 0 Å². The van der Waals surface area contributed by atoms with Gasteiger partial charge in [-0.1, -0.05) is 31.2 Å². The third-order valence-electron chi connectivity index (χ3n) is 4.50. The van der Waals surface area contributed by atoms with Crippen molar-refractivity contribution in [2.75, 3.05) is 26.8 Å². The van der Waals surface area contributed by atoms with Gasteiger partial charge in [0.05, 0.1) is 6.61 Å². The Morgan fingerprint density at radius 2 is 2.05 bits per heavy atom. The molecule has 0 bridgehead atoms. The molecule has 2 unspecified atom stereocenters. The maximum absolute atomic E-state index is 6.40. The van der Waals surface area contributed by atoms with Crippen LogP contribution >= 0.6 is 0 Å². The van der Waals surface area contributed by atoms with E-state index in [-0.39, 0.29) is 12.1 Å². The first-order valence-electron chi connectivity index (χ1n) is 8.22. The monoisotopic (exact) mass is 290 g/mol. The van der Waals surface area contributed by atoms with E-state index in [1.54, 1.807) is 0 Å². The molecule has 1 saturated carbocycles. The van der Waals surface area contributed by atoms with Crippen LogP contribution in [0.5, 0.6) is 0 Å². The van der Waals surface area contributed by atoms with E-state index in [2.05, 4.69) is 50.1 Å². The largest absolute Gasteiger partial charge is 0.380 e. The molecule has 0 saturated heterocycles. The first-order valence-corrected chi connectivity index (χ1v) is 8.22. The van der Waals surface area contributed by atoms with Crippen molar-refractivity contribution in [3.05, 3.63) is 35.4 Å². The molecule has 118 valence electrons. The predicted octanol–water partition coefficient (Wildman–Crippen LogP) is 3.13. The highest BCUT2D eigenvalue weighted by molar-refractivity contribution is 5.29. The topological polar surface area (TPSA) is 38.5 Å². The molecule has 1 aromatic rings. The molecule has 0 aliphatic heterocycles. The lowest BCUT2D eigenvalue weighted by atomic mass is 9.93. The van der Waals surface area contributed by atoms with Crippen LogP contribution in [0.2, 0.25) is 0 Å². The summed E-state index contributed by atoms with van der Waals surface area (Å²) in [7, 11) is 2.16. The molecular weight excluding hydrogens is 260 g/mol. The van der Waals surface area contributed by atoms with Gasteiger partial charge >= 0.3 is 0 Å². The van der Waals surface area contributed by atoms with E-state index in [9.17, 15) is 0 Å². The van der Waals surface area contributed by atoms with Gasteiger partial charge in [0.2, 0.25) is 0 Å². The molecule has 2 N–H and O–H groups in total. The third-order valence-corrected chi connectivity index (χ3v) is 4.50. The van der Waals surface area contributed by atoms with Crippen LogP contribution in [0, 0.1) is 12.8 Å². The molecule has 1 aliphatic rings. The van der Waals surface area contributed by atoms with Gasteiger partial charge in [-0.2, -0.15) is 0 Å². The Labute approximate surface area is 129 Å². The number of benzene rings is 1. The van der Waals surface area contributed by atoms with Crippen molar-refractivity contribution >= 4 is 0 Å². The minimum Gasteiger partial charge on any atom is -0.380 e. The summed E-state index contributed by atoms with van der Waals surface area (Å²) in [5, 5.41) is 0. The van der Waals surface area contributed by atoms with Crippen LogP contribution in [0.15, 0.2) is 24.3 Å². The fraction of sp³-hybridized carbons (Fsp3) is 0.667. The smallest absolute Gasteiger partial charge is 0.0593 e. The molecule has 3 nitrogen and oxygen atoms in total. The normalized spacial score (nSPS) is 18.0. The van der Waals surface area contributed by atoms with Crippen LogP contribution in [-0.2, 0) is 4.74 Å². The molecular formula is C18H30N2O. The second-order valence-corrected chi connectivity index (χ2v) is 6.37. The molecule has 1 aliphatic carbocycles. The van der Waals surface area contributed by atoms with Gasteiger partial charge in [0.25, 0.3) is 0 Å². The fourth-order valence-corrected chi connectivity index (χ4v) is 2.82. The quantitative estimate of drug-likeness (QED) is 0.710. The average Bonchev–Trinajstić information content (AvgIpc) is 3.30. The van der Waals surface area contributed by atoms with Gasteiger partial charge in [-0.15, -0.1) is 0 Å².